The molecule has 1 saturated heterocycles. The third-order valence-corrected chi connectivity index (χ3v) is 3.00. The van der Waals surface area contributed by atoms with Crippen LogP contribution in [-0.4, -0.2) is 31.7 Å². The molecule has 1 atom stereocenters. The minimum atomic E-state index is -0.0376. The molecule has 0 aromatic heterocycles. The van der Waals surface area contributed by atoms with Gasteiger partial charge >= 0.3 is 5.97 Å². The van der Waals surface area contributed by atoms with Crippen molar-refractivity contribution in [1.82, 2.24) is 0 Å². The van der Waals surface area contributed by atoms with Crippen molar-refractivity contribution in [1.29, 1.82) is 0 Å². The Hall–Kier alpha value is -0.570. The smallest absolute Gasteiger partial charge is 0.364 e. The van der Waals surface area contributed by atoms with E-state index >= 15 is 0 Å². The average molecular weight is 200 g/mol. The number of hydrogen-bond donors (Lipinski definition) is 1. The van der Waals surface area contributed by atoms with Gasteiger partial charge in [0.2, 0.25) is 0 Å². The Labute approximate surface area is 86.4 Å². The highest BCUT2D eigenvalue weighted by atomic mass is 16.5. The van der Waals surface area contributed by atoms with Crippen LogP contribution in [0.4, 0.5) is 0 Å². The maximum atomic E-state index is 11.5. The molecule has 1 rings (SSSR count). The van der Waals surface area contributed by atoms with Crippen LogP contribution in [0.2, 0.25) is 0 Å². The molecule has 0 amide bonds. The zero-order valence-corrected chi connectivity index (χ0v) is 9.34. The summed E-state index contributed by atoms with van der Waals surface area (Å²) in [6, 6.07) is 0.0213. The van der Waals surface area contributed by atoms with Crippen LogP contribution in [0.1, 0.15) is 39.5 Å². The van der Waals surface area contributed by atoms with Crippen molar-refractivity contribution in [3.8, 4) is 0 Å². The third-order valence-electron chi connectivity index (χ3n) is 3.00. The van der Waals surface area contributed by atoms with E-state index in [1.54, 1.807) is 0 Å². The Morgan fingerprint density at radius 2 is 1.86 bits per heavy atom. The van der Waals surface area contributed by atoms with Crippen molar-refractivity contribution in [2.75, 3.05) is 19.7 Å². The molecule has 3 heteroatoms. The lowest BCUT2D eigenvalue weighted by Crippen LogP contribution is -3.16. The van der Waals surface area contributed by atoms with Crippen molar-refractivity contribution in [3.63, 3.8) is 0 Å². The highest BCUT2D eigenvalue weighted by Crippen LogP contribution is 2.00. The van der Waals surface area contributed by atoms with Gasteiger partial charge in [0, 0.05) is 0 Å². The van der Waals surface area contributed by atoms with Crippen LogP contribution in [0.25, 0.3) is 0 Å². The summed E-state index contributed by atoms with van der Waals surface area (Å²) in [4.78, 5) is 12.9. The van der Waals surface area contributed by atoms with Crippen LogP contribution in [0.3, 0.4) is 0 Å². The number of ether oxygens (including phenoxy) is 1. The first-order chi connectivity index (χ1) is 6.75. The molecule has 0 spiro atoms. The number of carbonyl (C=O) groups excluding carboxylic acids is 1. The zero-order valence-electron chi connectivity index (χ0n) is 9.34. The van der Waals surface area contributed by atoms with Gasteiger partial charge in [0.15, 0.2) is 6.04 Å². The van der Waals surface area contributed by atoms with Gasteiger partial charge < -0.3 is 9.64 Å². The maximum absolute atomic E-state index is 11.5. The molecule has 0 aliphatic carbocycles. The lowest BCUT2D eigenvalue weighted by atomic mass is 10.2. The summed E-state index contributed by atoms with van der Waals surface area (Å²) in [5.74, 6) is -0.0376. The Kier molecular flexibility index (Phi) is 4.94. The monoisotopic (exact) mass is 200 g/mol. The van der Waals surface area contributed by atoms with E-state index in [2.05, 4.69) is 0 Å². The van der Waals surface area contributed by atoms with Crippen LogP contribution in [0.15, 0.2) is 0 Å². The van der Waals surface area contributed by atoms with Gasteiger partial charge in [0.05, 0.1) is 19.7 Å². The molecule has 1 aliphatic heterocycles. The molecule has 0 aromatic rings. The van der Waals surface area contributed by atoms with E-state index in [0.29, 0.717) is 6.61 Å². The highest BCUT2D eigenvalue weighted by Gasteiger charge is 2.26. The normalized spacial score (nSPS) is 21.3. The maximum Gasteiger partial charge on any atom is 0.364 e. The molecular formula is C11H22NO2+. The standard InChI is InChI=1S/C11H21NO2/c1-3-14-11(13)10(2)12-8-6-4-5-7-9-12/h10H,3-9H2,1-2H3/p+1/t10-/m1/s1. The summed E-state index contributed by atoms with van der Waals surface area (Å²) in [7, 11) is 0. The fourth-order valence-corrected chi connectivity index (χ4v) is 2.05. The van der Waals surface area contributed by atoms with E-state index in [0.717, 1.165) is 13.1 Å². The topological polar surface area (TPSA) is 30.7 Å². The van der Waals surface area contributed by atoms with Gasteiger partial charge in [0.1, 0.15) is 0 Å². The van der Waals surface area contributed by atoms with Gasteiger partial charge in [-0.05, 0) is 39.5 Å². The Bertz CT molecular complexity index is 174. The molecule has 1 aliphatic rings. The largest absolute Gasteiger partial charge is 0.462 e. The number of rotatable bonds is 3. The highest BCUT2D eigenvalue weighted by molar-refractivity contribution is 5.73. The second-order valence-electron chi connectivity index (χ2n) is 4.05. The fraction of sp³-hybridized carbons (Fsp3) is 0.909. The van der Waals surface area contributed by atoms with E-state index in [1.165, 1.54) is 30.6 Å². The number of nitrogens with one attached hydrogen (secondary N) is 1. The van der Waals surface area contributed by atoms with Crippen molar-refractivity contribution < 1.29 is 14.4 Å². The molecule has 82 valence electrons. The van der Waals surface area contributed by atoms with Crippen LogP contribution < -0.4 is 4.90 Å². The third kappa shape index (κ3) is 3.29. The van der Waals surface area contributed by atoms with Crippen molar-refractivity contribution in [3.05, 3.63) is 0 Å². The molecule has 0 unspecified atom stereocenters. The summed E-state index contributed by atoms with van der Waals surface area (Å²) in [6.45, 7) is 6.59. The Morgan fingerprint density at radius 1 is 1.29 bits per heavy atom. The number of likely N-dealkylation sites (tertiary alicyclic amines) is 1. The van der Waals surface area contributed by atoms with Gasteiger partial charge in [-0.15, -0.1) is 0 Å². The van der Waals surface area contributed by atoms with Crippen molar-refractivity contribution in [2.24, 2.45) is 0 Å². The number of hydrogen-bond acceptors (Lipinski definition) is 2. The van der Waals surface area contributed by atoms with Crippen LogP contribution >= 0.6 is 0 Å². The van der Waals surface area contributed by atoms with Gasteiger partial charge in [-0.2, -0.15) is 0 Å². The van der Waals surface area contributed by atoms with Gasteiger partial charge in [-0.1, -0.05) is 0 Å². The lowest BCUT2D eigenvalue weighted by Gasteiger charge is -2.22. The molecular weight excluding hydrogens is 178 g/mol. The first-order valence-electron chi connectivity index (χ1n) is 5.77. The molecule has 1 N–H and O–H groups in total. The number of quaternary nitrogens is 1. The minimum absolute atomic E-state index is 0.0213. The second kappa shape index (κ2) is 6.02. The zero-order chi connectivity index (χ0) is 10.4. The van der Waals surface area contributed by atoms with Gasteiger partial charge in [-0.25, -0.2) is 4.79 Å². The summed E-state index contributed by atoms with van der Waals surface area (Å²) in [5, 5.41) is 0. The molecule has 1 heterocycles. The summed E-state index contributed by atoms with van der Waals surface area (Å²) in [6.07, 6.45) is 5.14. The van der Waals surface area contributed by atoms with E-state index in [9.17, 15) is 4.79 Å². The van der Waals surface area contributed by atoms with Gasteiger partial charge in [0.25, 0.3) is 0 Å². The first kappa shape index (κ1) is 11.5. The van der Waals surface area contributed by atoms with E-state index in [4.69, 9.17) is 4.74 Å². The summed E-state index contributed by atoms with van der Waals surface area (Å²) >= 11 is 0. The second-order valence-corrected chi connectivity index (χ2v) is 4.05. The van der Waals surface area contributed by atoms with E-state index in [-0.39, 0.29) is 12.0 Å². The van der Waals surface area contributed by atoms with E-state index < -0.39 is 0 Å². The first-order valence-corrected chi connectivity index (χ1v) is 5.77. The quantitative estimate of drug-likeness (QED) is 0.668. The lowest BCUT2D eigenvalue weighted by molar-refractivity contribution is -0.914. The van der Waals surface area contributed by atoms with Crippen LogP contribution in [0, 0.1) is 0 Å². The Morgan fingerprint density at radius 3 is 2.36 bits per heavy atom. The predicted octanol–water partition coefficient (Wildman–Crippen LogP) is 0.397. The van der Waals surface area contributed by atoms with Crippen LogP contribution in [0.5, 0.6) is 0 Å². The molecule has 0 radical (unpaired) electrons. The fourth-order valence-electron chi connectivity index (χ4n) is 2.05. The van der Waals surface area contributed by atoms with Crippen molar-refractivity contribution >= 4 is 5.97 Å². The SMILES string of the molecule is CCOC(=O)[C@@H](C)[NH+]1CCCCCC1. The van der Waals surface area contributed by atoms with Gasteiger partial charge in [-0.3, -0.25) is 0 Å². The minimum Gasteiger partial charge on any atom is -0.462 e. The molecule has 14 heavy (non-hydrogen) atoms. The molecule has 3 nitrogen and oxygen atoms in total. The molecule has 0 saturated carbocycles. The van der Waals surface area contributed by atoms with E-state index in [1.807, 2.05) is 13.8 Å². The molecule has 0 bridgehead atoms. The Balaban J connectivity index is 2.40. The summed E-state index contributed by atoms with van der Waals surface area (Å²) in [5.41, 5.74) is 0. The molecule has 1 fully saturated rings. The number of esters is 1. The molecule has 0 aromatic carbocycles. The van der Waals surface area contributed by atoms with Crippen LogP contribution in [-0.2, 0) is 9.53 Å². The number of carbonyl (C=O) groups is 1. The average Bonchev–Trinajstić information content (AvgIpc) is 2.45. The summed E-state index contributed by atoms with van der Waals surface area (Å²) < 4.78 is 5.04. The predicted molar refractivity (Wildman–Crippen MR) is 55.3 cm³/mol. The van der Waals surface area contributed by atoms with Crippen molar-refractivity contribution in [2.45, 2.75) is 45.6 Å².